The van der Waals surface area contributed by atoms with Crippen LogP contribution in [0.5, 0.6) is 0 Å². The van der Waals surface area contributed by atoms with Gasteiger partial charge in [0.1, 0.15) is 0 Å². The van der Waals surface area contributed by atoms with Gasteiger partial charge in [0.2, 0.25) is 5.91 Å². The molecule has 1 aromatic rings. The first-order valence-corrected chi connectivity index (χ1v) is 9.19. The summed E-state index contributed by atoms with van der Waals surface area (Å²) in [7, 11) is 1.87. The van der Waals surface area contributed by atoms with Crippen molar-refractivity contribution < 1.29 is 9.59 Å². The molecule has 24 heavy (non-hydrogen) atoms. The number of carbonyl (C=O) groups is 2. The lowest BCUT2D eigenvalue weighted by Gasteiger charge is -2.33. The van der Waals surface area contributed by atoms with Gasteiger partial charge < -0.3 is 9.80 Å². The molecule has 1 saturated heterocycles. The number of hydrogen-bond donors (Lipinski definition) is 0. The molecule has 1 aliphatic heterocycles. The second kappa shape index (κ2) is 8.72. The first-order chi connectivity index (χ1) is 11.4. The number of carbonyl (C=O) groups excluding carboxylic acids is 2. The molecule has 0 N–H and O–H groups in total. The van der Waals surface area contributed by atoms with E-state index in [0.717, 1.165) is 19.4 Å². The SMILES string of the molecule is CCCCN(C)C(=O)C1CCN(C(=O)c2ccc(Cl)c(Cl)c2)CC1. The number of piperidine rings is 1. The number of likely N-dealkylation sites (tertiary alicyclic amines) is 1. The Bertz CT molecular complexity index is 599. The van der Waals surface area contributed by atoms with Gasteiger partial charge in [0.05, 0.1) is 10.0 Å². The van der Waals surface area contributed by atoms with Gasteiger partial charge >= 0.3 is 0 Å². The molecular weight excluding hydrogens is 347 g/mol. The van der Waals surface area contributed by atoms with Crippen molar-refractivity contribution in [1.82, 2.24) is 9.80 Å². The molecule has 132 valence electrons. The van der Waals surface area contributed by atoms with Crippen molar-refractivity contribution in [3.05, 3.63) is 33.8 Å². The number of benzene rings is 1. The third-order valence-corrected chi connectivity index (χ3v) is 5.26. The number of halogens is 2. The van der Waals surface area contributed by atoms with Crippen molar-refractivity contribution in [3.63, 3.8) is 0 Å². The monoisotopic (exact) mass is 370 g/mol. The molecule has 0 atom stereocenters. The number of hydrogen-bond acceptors (Lipinski definition) is 2. The molecule has 1 heterocycles. The summed E-state index contributed by atoms with van der Waals surface area (Å²) in [6.45, 7) is 4.11. The van der Waals surface area contributed by atoms with Gasteiger partial charge in [-0.1, -0.05) is 36.5 Å². The Kier molecular flexibility index (Phi) is 6.93. The van der Waals surface area contributed by atoms with E-state index in [9.17, 15) is 9.59 Å². The van der Waals surface area contributed by atoms with E-state index in [1.165, 1.54) is 0 Å². The van der Waals surface area contributed by atoms with Gasteiger partial charge in [-0.05, 0) is 37.5 Å². The van der Waals surface area contributed by atoms with Gasteiger partial charge in [0, 0.05) is 38.2 Å². The smallest absolute Gasteiger partial charge is 0.253 e. The molecule has 1 aromatic carbocycles. The van der Waals surface area contributed by atoms with E-state index in [1.807, 2.05) is 11.9 Å². The van der Waals surface area contributed by atoms with Gasteiger partial charge in [0.15, 0.2) is 0 Å². The van der Waals surface area contributed by atoms with E-state index in [2.05, 4.69) is 6.92 Å². The minimum absolute atomic E-state index is 0.0183. The van der Waals surface area contributed by atoms with Crippen molar-refractivity contribution in [2.45, 2.75) is 32.6 Å². The molecular formula is C18H24Cl2N2O2. The zero-order chi connectivity index (χ0) is 17.7. The Morgan fingerprint density at radius 2 is 1.88 bits per heavy atom. The topological polar surface area (TPSA) is 40.6 Å². The van der Waals surface area contributed by atoms with Crippen LogP contribution in [0.4, 0.5) is 0 Å². The molecule has 0 unspecified atom stereocenters. The minimum atomic E-state index is -0.0567. The average molecular weight is 371 g/mol. The summed E-state index contributed by atoms with van der Waals surface area (Å²) in [5, 5.41) is 0.817. The van der Waals surface area contributed by atoms with Crippen LogP contribution in [-0.4, -0.2) is 48.3 Å². The molecule has 0 bridgehead atoms. The number of unbranched alkanes of at least 4 members (excludes halogenated alkanes) is 1. The van der Waals surface area contributed by atoms with Crippen LogP contribution in [0.2, 0.25) is 10.0 Å². The second-order valence-corrected chi connectivity index (χ2v) is 7.12. The predicted octanol–water partition coefficient (Wildman–Crippen LogP) is 4.10. The van der Waals surface area contributed by atoms with Crippen molar-refractivity contribution in [3.8, 4) is 0 Å². The van der Waals surface area contributed by atoms with E-state index < -0.39 is 0 Å². The lowest BCUT2D eigenvalue weighted by atomic mass is 9.95. The van der Waals surface area contributed by atoms with Gasteiger partial charge in [0.25, 0.3) is 5.91 Å². The molecule has 0 radical (unpaired) electrons. The highest BCUT2D eigenvalue weighted by Crippen LogP contribution is 2.25. The second-order valence-electron chi connectivity index (χ2n) is 6.31. The van der Waals surface area contributed by atoms with Crippen molar-refractivity contribution in [1.29, 1.82) is 0 Å². The van der Waals surface area contributed by atoms with Crippen LogP contribution in [0.3, 0.4) is 0 Å². The fourth-order valence-corrected chi connectivity index (χ4v) is 3.26. The summed E-state index contributed by atoms with van der Waals surface area (Å²) in [5.74, 6) is 0.161. The predicted molar refractivity (Wildman–Crippen MR) is 97.6 cm³/mol. The maximum atomic E-state index is 12.5. The summed E-state index contributed by atoms with van der Waals surface area (Å²) < 4.78 is 0. The quantitative estimate of drug-likeness (QED) is 0.782. The zero-order valence-corrected chi connectivity index (χ0v) is 15.7. The third kappa shape index (κ3) is 4.64. The number of amides is 2. The molecule has 0 saturated carbocycles. The number of nitrogens with zero attached hydrogens (tertiary/aromatic N) is 2. The summed E-state index contributed by atoms with van der Waals surface area (Å²) in [6, 6.07) is 4.92. The van der Waals surface area contributed by atoms with Crippen LogP contribution in [0.15, 0.2) is 18.2 Å². The maximum absolute atomic E-state index is 12.5. The molecule has 4 nitrogen and oxygen atoms in total. The molecule has 1 fully saturated rings. The first kappa shape index (κ1) is 19.1. The molecule has 2 rings (SSSR count). The lowest BCUT2D eigenvalue weighted by molar-refractivity contribution is -0.135. The van der Waals surface area contributed by atoms with Crippen molar-refractivity contribution in [2.75, 3.05) is 26.7 Å². The van der Waals surface area contributed by atoms with Crippen LogP contribution in [-0.2, 0) is 4.79 Å². The zero-order valence-electron chi connectivity index (χ0n) is 14.2. The third-order valence-electron chi connectivity index (χ3n) is 4.52. The fraction of sp³-hybridized carbons (Fsp3) is 0.556. The van der Waals surface area contributed by atoms with Crippen LogP contribution in [0, 0.1) is 5.92 Å². The van der Waals surface area contributed by atoms with E-state index >= 15 is 0 Å². The van der Waals surface area contributed by atoms with Gasteiger partial charge in [-0.3, -0.25) is 9.59 Å². The van der Waals surface area contributed by atoms with Gasteiger partial charge in [-0.2, -0.15) is 0 Å². The normalized spacial score (nSPS) is 15.4. The summed E-state index contributed by atoms with van der Waals surface area (Å²) in [6.07, 6.45) is 3.52. The highest BCUT2D eigenvalue weighted by molar-refractivity contribution is 6.42. The van der Waals surface area contributed by atoms with E-state index in [4.69, 9.17) is 23.2 Å². The fourth-order valence-electron chi connectivity index (χ4n) is 2.96. The molecule has 1 aliphatic rings. The Morgan fingerprint density at radius 3 is 2.46 bits per heavy atom. The van der Waals surface area contributed by atoms with Crippen LogP contribution < -0.4 is 0 Å². The molecule has 0 aliphatic carbocycles. The van der Waals surface area contributed by atoms with E-state index in [1.54, 1.807) is 23.1 Å². The maximum Gasteiger partial charge on any atom is 0.253 e. The highest BCUT2D eigenvalue weighted by atomic mass is 35.5. The van der Waals surface area contributed by atoms with Crippen LogP contribution in [0.25, 0.3) is 0 Å². The summed E-state index contributed by atoms with van der Waals surface area (Å²) >= 11 is 11.9. The number of rotatable bonds is 5. The Balaban J connectivity index is 1.91. The van der Waals surface area contributed by atoms with E-state index in [-0.39, 0.29) is 17.7 Å². The van der Waals surface area contributed by atoms with Crippen molar-refractivity contribution in [2.24, 2.45) is 5.92 Å². The van der Waals surface area contributed by atoms with Crippen molar-refractivity contribution >= 4 is 35.0 Å². The largest absolute Gasteiger partial charge is 0.346 e. The minimum Gasteiger partial charge on any atom is -0.346 e. The van der Waals surface area contributed by atoms with Gasteiger partial charge in [-0.25, -0.2) is 0 Å². The molecule has 2 amide bonds. The standard InChI is InChI=1S/C18H24Cl2N2O2/c1-3-4-9-21(2)17(23)13-7-10-22(11-8-13)18(24)14-5-6-15(19)16(20)12-14/h5-6,12-13H,3-4,7-11H2,1-2H3. The molecule has 0 spiro atoms. The lowest BCUT2D eigenvalue weighted by Crippen LogP contribution is -2.43. The van der Waals surface area contributed by atoms with Crippen LogP contribution >= 0.6 is 23.2 Å². The summed E-state index contributed by atoms with van der Waals surface area (Å²) in [5.41, 5.74) is 0.536. The Labute approximate surface area is 153 Å². The average Bonchev–Trinajstić information content (AvgIpc) is 2.60. The Morgan fingerprint density at radius 1 is 1.21 bits per heavy atom. The van der Waals surface area contributed by atoms with Gasteiger partial charge in [-0.15, -0.1) is 0 Å². The highest BCUT2D eigenvalue weighted by Gasteiger charge is 2.29. The van der Waals surface area contributed by atoms with E-state index in [0.29, 0.717) is 41.5 Å². The molecule has 6 heteroatoms. The van der Waals surface area contributed by atoms with Crippen LogP contribution in [0.1, 0.15) is 43.0 Å². The first-order valence-electron chi connectivity index (χ1n) is 8.43. The Hall–Kier alpha value is -1.26. The molecule has 0 aromatic heterocycles. The summed E-state index contributed by atoms with van der Waals surface area (Å²) in [4.78, 5) is 28.6.